The number of nitrogens with zero attached hydrogens (tertiary/aromatic N) is 10. The van der Waals surface area contributed by atoms with Crippen molar-refractivity contribution in [2.75, 3.05) is 40.3 Å². The van der Waals surface area contributed by atoms with Gasteiger partial charge in [0, 0.05) is 53.0 Å². The second-order valence-electron chi connectivity index (χ2n) is 40.5. The molecule has 2 aromatic heterocycles. The van der Waals surface area contributed by atoms with E-state index in [4.69, 9.17) is 38.9 Å². The van der Waals surface area contributed by atoms with E-state index in [1.54, 1.807) is 125 Å². The van der Waals surface area contributed by atoms with E-state index in [9.17, 15) is 33.6 Å². The van der Waals surface area contributed by atoms with Gasteiger partial charge in [-0.3, -0.25) is 43.4 Å². The molecule has 12 atom stereocenters. The van der Waals surface area contributed by atoms with Crippen LogP contribution in [0.25, 0.3) is 21.5 Å². The van der Waals surface area contributed by atoms with Crippen molar-refractivity contribution < 1.29 is 90.7 Å². The van der Waals surface area contributed by atoms with Crippen LogP contribution >= 0.6 is 0 Å². The largest absolute Gasteiger partial charge is 0.458 e. The highest BCUT2D eigenvalue weighted by atomic mass is 16.6. The SMILES string of the molecule is C[C@@H](C(=O)N[C@H](C(=O)N1CC[C@H](OCc2cn([C@@H](CCN)C(=O)OC(C)(C)C)nn2)[C@H]1C(=O)N[C@@H](Cc1ccc2ccccc2c1)C(=O)NCC[C@@H](C(=O)OC(C)(C)C)n1cc(CO[C@H]2CCN(C(=O)[C@@H](NC(=O)[C@H](C)N(C)C(=O)OC(C)(C)C)C(C)(C)C)[C@@H]2C(=O)N[C@@H](Cc2ccc3ccccc3c2)C(=O)O/C2=C/CCCCCC2)nn1)C(C)(C)C)N(C)C(=O)OC(C)(C)C. The third kappa shape index (κ3) is 29.5. The number of benzene rings is 4. The van der Waals surface area contributed by atoms with Gasteiger partial charge in [0.25, 0.3) is 0 Å². The fourth-order valence-corrected chi connectivity index (χ4v) is 15.6. The van der Waals surface area contributed by atoms with E-state index < -0.39 is 177 Å². The van der Waals surface area contributed by atoms with E-state index in [2.05, 4.69) is 47.2 Å². The van der Waals surface area contributed by atoms with Gasteiger partial charge in [0.1, 0.15) is 87.9 Å². The molecule has 0 saturated carbocycles. The Hall–Kier alpha value is -11.5. The van der Waals surface area contributed by atoms with Crippen molar-refractivity contribution in [2.24, 2.45) is 16.6 Å². The van der Waals surface area contributed by atoms with Crippen LogP contribution in [0, 0.1) is 10.8 Å². The van der Waals surface area contributed by atoms with Crippen molar-refractivity contribution >= 4 is 93.0 Å². The summed E-state index contributed by atoms with van der Waals surface area (Å²) in [5.74, 6) is -6.62. The first kappa shape index (κ1) is 103. The molecule has 35 heteroatoms. The van der Waals surface area contributed by atoms with Crippen LogP contribution in [0.2, 0.25) is 0 Å². The summed E-state index contributed by atoms with van der Waals surface area (Å²) in [7, 11) is 2.81. The topological polar surface area (TPSA) is 430 Å². The average molecular weight is 1820 g/mol. The Morgan fingerprint density at radius 1 is 0.481 bits per heavy atom. The number of fused-ring (bicyclic) bond motifs is 2. The maximum absolute atomic E-state index is 15.8. The fraction of sp³-hybridized carbons (Fsp3) is 0.604. The Bertz CT molecular complexity index is 5060. The number of esters is 3. The summed E-state index contributed by atoms with van der Waals surface area (Å²) in [6.07, 6.45) is 5.94. The average Bonchev–Trinajstić information content (AvgIpc) is 1.67. The zero-order valence-corrected chi connectivity index (χ0v) is 80.3. The number of nitrogens with two attached hydrogens (primary N) is 1. The van der Waals surface area contributed by atoms with Gasteiger partial charge in [-0.2, -0.15) is 0 Å². The molecule has 6 aromatic rings. The van der Waals surface area contributed by atoms with Gasteiger partial charge in [0.15, 0.2) is 12.1 Å². The smallest absolute Gasteiger partial charge is 0.410 e. The van der Waals surface area contributed by atoms with Crippen LogP contribution in [0.15, 0.2) is 109 Å². The second kappa shape index (κ2) is 44.2. The molecule has 4 aromatic carbocycles. The molecule has 7 N–H and O–H groups in total. The van der Waals surface area contributed by atoms with Crippen molar-refractivity contribution in [3.05, 3.63) is 132 Å². The molecule has 35 nitrogen and oxygen atoms in total. The number of amides is 9. The summed E-state index contributed by atoms with van der Waals surface area (Å²) >= 11 is 0. The van der Waals surface area contributed by atoms with E-state index in [0.717, 1.165) is 57.0 Å². The van der Waals surface area contributed by atoms with E-state index in [-0.39, 0.29) is 89.3 Å². The minimum Gasteiger partial charge on any atom is -0.458 e. The molecule has 0 unspecified atom stereocenters. The van der Waals surface area contributed by atoms with Crippen LogP contribution in [0.3, 0.4) is 0 Å². The van der Waals surface area contributed by atoms with Crippen molar-refractivity contribution in [1.82, 2.24) is 76.2 Å². The Kier molecular flexibility index (Phi) is 34.8. The van der Waals surface area contributed by atoms with Crippen LogP contribution in [-0.2, 0) is 107 Å². The molecule has 4 heterocycles. The number of hydrogen-bond donors (Lipinski definition) is 6. The molecule has 2 saturated heterocycles. The minimum atomic E-state index is -1.50. The lowest BCUT2D eigenvalue weighted by atomic mass is 9.85. The van der Waals surface area contributed by atoms with Gasteiger partial charge in [-0.05, 0) is 198 Å². The van der Waals surface area contributed by atoms with Crippen molar-refractivity contribution in [1.29, 1.82) is 0 Å². The molecular formula is C96H138N16O19. The molecule has 2 fully saturated rings. The molecule has 131 heavy (non-hydrogen) atoms. The van der Waals surface area contributed by atoms with Gasteiger partial charge < -0.3 is 75.3 Å². The molecule has 716 valence electrons. The molecule has 2 aliphatic heterocycles. The van der Waals surface area contributed by atoms with Gasteiger partial charge in [0.05, 0.1) is 37.8 Å². The van der Waals surface area contributed by atoms with Gasteiger partial charge in [-0.15, -0.1) is 10.2 Å². The first-order chi connectivity index (χ1) is 61.3. The highest BCUT2D eigenvalue weighted by Gasteiger charge is 2.51. The normalized spacial score (nSPS) is 18.7. The Morgan fingerprint density at radius 2 is 0.885 bits per heavy atom. The predicted octanol–water partition coefficient (Wildman–Crippen LogP) is 10.3. The summed E-state index contributed by atoms with van der Waals surface area (Å²) in [6, 6.07) is 13.8. The number of rotatable bonds is 34. The van der Waals surface area contributed by atoms with E-state index in [1.165, 1.54) is 59.5 Å². The molecule has 0 spiro atoms. The first-order valence-electron chi connectivity index (χ1n) is 45.3. The van der Waals surface area contributed by atoms with Gasteiger partial charge >= 0.3 is 30.1 Å². The molecule has 9 rings (SSSR count). The summed E-state index contributed by atoms with van der Waals surface area (Å²) in [6.45, 7) is 32.9. The minimum absolute atomic E-state index is 0.0103. The van der Waals surface area contributed by atoms with E-state index in [0.29, 0.717) is 29.7 Å². The number of ether oxygens (including phenoxy) is 7. The maximum Gasteiger partial charge on any atom is 0.410 e. The predicted molar refractivity (Wildman–Crippen MR) is 489 cm³/mol. The monoisotopic (exact) mass is 1820 g/mol. The number of likely N-dealkylation sites (tertiary alicyclic amines) is 2. The molecule has 0 bridgehead atoms. The number of nitrogens with one attached hydrogen (secondary N) is 5. The number of hydrogen-bond acceptors (Lipinski definition) is 24. The van der Waals surface area contributed by atoms with Crippen molar-refractivity contribution in [3.8, 4) is 0 Å². The van der Waals surface area contributed by atoms with Crippen molar-refractivity contribution in [3.63, 3.8) is 0 Å². The van der Waals surface area contributed by atoms with Crippen molar-refractivity contribution in [2.45, 2.75) is 324 Å². The van der Waals surface area contributed by atoms with Crippen LogP contribution in [0.1, 0.15) is 237 Å². The van der Waals surface area contributed by atoms with Crippen LogP contribution in [-0.4, -0.2) is 244 Å². The molecule has 0 radical (unpaired) electrons. The lowest BCUT2D eigenvalue weighted by molar-refractivity contribution is -0.160. The number of allylic oxidation sites excluding steroid dienone is 2. The number of likely N-dealkylation sites (N-methyl/N-ethyl adjacent to an activating group) is 2. The van der Waals surface area contributed by atoms with E-state index >= 15 is 24.0 Å². The second-order valence-corrected chi connectivity index (χ2v) is 40.5. The molecule has 9 amide bonds. The summed E-state index contributed by atoms with van der Waals surface area (Å²) in [5, 5.41) is 35.7. The standard InChI is InChI=1S/C96H138N16O19/c1-58(107(21)89(123)130-95(15,16)17)79(113)101-77(91(3,4)5)84(118)109-48-44-73(125-56-66-54-111(105-103-66)71(42-46-97)87(121)128-93(9,10)11)75(109)82(116)99-69(52-60-38-40-62-32-28-30-34-64(62)50-60)81(115)98-47-43-72(88(122)129-94(12,13)14)112-55-67(104-106-112)57-126-74-45-49-110(85(119)78(92(6,7)8)102-80(114)59(2)108(22)90(124)131-96(18,19)20)76(74)83(117)100-70(86(120)127-68-36-26-24-23-25-27-37-68)53-61-39-41-63-33-29-31-35-65(63)51-61/h28-36,38-41,50-51,54-55,58-59,69-78H,23-27,37,42-49,52-53,56-57,97H2,1-22H3,(H,98,115)(H,99,116)(H,100,117)(H,101,113)(H,102,114)/b68-36+/t58-,59-,69-,70-,71-,72-,73-,74-,75-,76-,77+,78+/m0/s1. The number of carbonyl (C=O) groups excluding carboxylic acids is 12. The molecule has 3 aliphatic rings. The van der Waals surface area contributed by atoms with Gasteiger partial charge in [-0.25, -0.2) is 33.3 Å². The molecule has 1 aliphatic carbocycles. The van der Waals surface area contributed by atoms with Crippen LogP contribution in [0.5, 0.6) is 0 Å². The van der Waals surface area contributed by atoms with Crippen LogP contribution < -0.4 is 32.3 Å². The quantitative estimate of drug-likeness (QED) is 0.0161. The van der Waals surface area contributed by atoms with Gasteiger partial charge in [0.2, 0.25) is 41.4 Å². The zero-order valence-electron chi connectivity index (χ0n) is 80.3. The molecular weight excluding hydrogens is 1680 g/mol. The lowest BCUT2D eigenvalue weighted by Crippen LogP contribution is -2.62. The first-order valence-corrected chi connectivity index (χ1v) is 45.3. The zero-order chi connectivity index (χ0) is 96.6. The lowest BCUT2D eigenvalue weighted by Gasteiger charge is -2.37. The highest BCUT2D eigenvalue weighted by molar-refractivity contribution is 5.98. The number of aromatic nitrogens is 6. The Balaban J connectivity index is 1.01. The van der Waals surface area contributed by atoms with Gasteiger partial charge in [-0.1, -0.05) is 150 Å². The maximum atomic E-state index is 15.8. The third-order valence-electron chi connectivity index (χ3n) is 22.8. The Labute approximate surface area is 768 Å². The summed E-state index contributed by atoms with van der Waals surface area (Å²) in [4.78, 5) is 181. The summed E-state index contributed by atoms with van der Waals surface area (Å²) < 4.78 is 44.9. The van der Waals surface area contributed by atoms with Crippen LogP contribution in [0.4, 0.5) is 9.59 Å². The number of carbonyl (C=O) groups is 12. The summed E-state index contributed by atoms with van der Waals surface area (Å²) in [5.41, 5.74) is 1.97. The highest BCUT2D eigenvalue weighted by Crippen LogP contribution is 2.34. The Morgan fingerprint density at radius 3 is 1.31 bits per heavy atom. The van der Waals surface area contributed by atoms with E-state index in [1.807, 2.05) is 91.0 Å². The third-order valence-corrected chi connectivity index (χ3v) is 22.8. The fourth-order valence-electron chi connectivity index (χ4n) is 15.6.